The van der Waals surface area contributed by atoms with Crippen molar-refractivity contribution in [3.63, 3.8) is 0 Å². The van der Waals surface area contributed by atoms with Crippen LogP contribution in [0.5, 0.6) is 0 Å². The van der Waals surface area contributed by atoms with E-state index in [0.29, 0.717) is 6.61 Å². The lowest BCUT2D eigenvalue weighted by atomic mass is 10.7. The Bertz CT molecular complexity index is 138. The molecule has 0 saturated carbocycles. The Kier molecular flexibility index (Phi) is 6.49. The maximum absolute atomic E-state index is 10.9. The van der Waals surface area contributed by atoms with Crippen LogP contribution in [-0.2, 0) is 14.3 Å². The first-order valence-electron chi connectivity index (χ1n) is 3.04. The van der Waals surface area contributed by atoms with Gasteiger partial charge in [0.1, 0.15) is 0 Å². The number of carbonyl (C=O) groups excluding carboxylic acids is 1. The summed E-state index contributed by atoms with van der Waals surface area (Å²) in [5.74, 6) is -0.405. The monoisotopic (exact) mass is 194 g/mol. The molecule has 0 saturated heterocycles. The summed E-state index contributed by atoms with van der Waals surface area (Å²) in [6.45, 7) is 2.27. The molecule has 1 atom stereocenters. The lowest BCUT2D eigenvalue weighted by molar-refractivity contribution is -0.147. The minimum Gasteiger partial charge on any atom is -0.466 e. The largest absolute Gasteiger partial charge is 0.466 e. The van der Waals surface area contributed by atoms with Gasteiger partial charge >= 0.3 is 5.97 Å². The predicted octanol–water partition coefficient (Wildman–Crippen LogP) is 1.21. The molecule has 0 amide bonds. The number of thiocarbonyl (C=S) groups is 1. The Balaban J connectivity index is 3.86. The van der Waals surface area contributed by atoms with Crippen LogP contribution in [0.3, 0.4) is 0 Å². The molecule has 1 unspecified atom stereocenters. The maximum atomic E-state index is 10.9. The van der Waals surface area contributed by atoms with Crippen molar-refractivity contribution >= 4 is 34.6 Å². The summed E-state index contributed by atoms with van der Waals surface area (Å²) in [5.41, 5.74) is -0.609. The van der Waals surface area contributed by atoms with E-state index < -0.39 is 11.4 Å². The van der Waals surface area contributed by atoms with Crippen LogP contribution in [0.25, 0.3) is 0 Å². The second kappa shape index (κ2) is 6.57. The Morgan fingerprint density at radius 2 is 2.45 bits per heavy atom. The molecule has 3 nitrogen and oxygen atoms in total. The molecule has 0 fully saturated rings. The molecule has 0 radical (unpaired) electrons. The van der Waals surface area contributed by atoms with Crippen molar-refractivity contribution in [2.75, 3.05) is 13.7 Å². The zero-order valence-corrected chi connectivity index (χ0v) is 8.04. The van der Waals surface area contributed by atoms with E-state index in [-0.39, 0.29) is 0 Å². The van der Waals surface area contributed by atoms with Gasteiger partial charge in [-0.1, -0.05) is 24.0 Å². The van der Waals surface area contributed by atoms with E-state index in [2.05, 4.69) is 17.0 Å². The highest BCUT2D eigenvalue weighted by molar-refractivity contribution is 8.21. The van der Waals surface area contributed by atoms with Gasteiger partial charge in [-0.2, -0.15) is 0 Å². The Hall–Kier alpha value is -0.130. The van der Waals surface area contributed by atoms with Gasteiger partial charge in [0.15, 0.2) is 0 Å². The lowest BCUT2D eigenvalue weighted by Gasteiger charge is -2.10. The number of hydrogen-bond acceptors (Lipinski definition) is 5. The normalized spacial score (nSPS) is 12.2. The minimum atomic E-state index is -0.609. The summed E-state index contributed by atoms with van der Waals surface area (Å²) in [6.07, 6.45) is 0. The Labute approximate surface area is 75.4 Å². The first-order chi connectivity index (χ1) is 5.26. The summed E-state index contributed by atoms with van der Waals surface area (Å²) >= 11 is 5.69. The number of esters is 1. The van der Waals surface area contributed by atoms with Crippen molar-refractivity contribution in [1.82, 2.24) is 0 Å². The van der Waals surface area contributed by atoms with Gasteiger partial charge < -0.3 is 9.47 Å². The van der Waals surface area contributed by atoms with E-state index in [0.717, 1.165) is 11.8 Å². The van der Waals surface area contributed by atoms with E-state index in [1.54, 1.807) is 6.92 Å². The molecule has 5 heteroatoms. The van der Waals surface area contributed by atoms with Crippen LogP contribution >= 0.6 is 24.0 Å². The second-order valence-corrected chi connectivity index (χ2v) is 3.01. The number of ether oxygens (including phenoxy) is 2. The molecule has 0 rings (SSSR count). The topological polar surface area (TPSA) is 35.5 Å². The van der Waals surface area contributed by atoms with Crippen LogP contribution in [0, 0.1) is 0 Å². The van der Waals surface area contributed by atoms with Crippen LogP contribution in [0.15, 0.2) is 0 Å². The van der Waals surface area contributed by atoms with Crippen LogP contribution in [0.1, 0.15) is 6.92 Å². The van der Waals surface area contributed by atoms with Crippen LogP contribution in [0.2, 0.25) is 0 Å². The van der Waals surface area contributed by atoms with E-state index >= 15 is 0 Å². The van der Waals surface area contributed by atoms with E-state index in [4.69, 9.17) is 4.74 Å². The maximum Gasteiger partial charge on any atom is 0.345 e. The molecule has 0 aliphatic rings. The van der Waals surface area contributed by atoms with Gasteiger partial charge in [0.25, 0.3) is 0 Å². The molecule has 0 N–H and O–H groups in total. The number of rotatable bonds is 5. The summed E-state index contributed by atoms with van der Waals surface area (Å²) in [7, 11) is 1.32. The smallest absolute Gasteiger partial charge is 0.345 e. The van der Waals surface area contributed by atoms with Crippen LogP contribution in [-0.4, -0.2) is 29.8 Å². The number of thioether (sulfide) groups is 1. The summed E-state index contributed by atoms with van der Waals surface area (Å²) in [5, 5.41) is 0. The Morgan fingerprint density at radius 1 is 1.82 bits per heavy atom. The highest BCUT2D eigenvalue weighted by atomic mass is 32.2. The summed E-state index contributed by atoms with van der Waals surface area (Å²) in [6, 6.07) is 0. The van der Waals surface area contributed by atoms with Gasteiger partial charge in [0, 0.05) is 11.3 Å². The third-order valence-electron chi connectivity index (χ3n) is 0.891. The Morgan fingerprint density at radius 3 is 2.82 bits per heavy atom. The number of methoxy groups -OCH3 is 1. The molecular weight excluding hydrogens is 184 g/mol. The van der Waals surface area contributed by atoms with E-state index in [1.165, 1.54) is 11.8 Å². The molecule has 0 aromatic heterocycles. The predicted molar refractivity (Wildman–Crippen MR) is 48.7 cm³/mol. The summed E-state index contributed by atoms with van der Waals surface area (Å²) in [4.78, 5) is 10.9. The fraction of sp³-hybridized carbons (Fsp3) is 0.667. The fourth-order valence-corrected chi connectivity index (χ4v) is 1.29. The molecule has 0 spiro atoms. The zero-order chi connectivity index (χ0) is 8.69. The quantitative estimate of drug-likeness (QED) is 0.373. The number of carbonyl (C=O) groups is 1. The van der Waals surface area contributed by atoms with Gasteiger partial charge in [-0.25, -0.2) is 4.79 Å². The highest BCUT2D eigenvalue weighted by Crippen LogP contribution is 2.10. The third kappa shape index (κ3) is 4.34. The molecule has 11 heavy (non-hydrogen) atoms. The molecule has 0 aliphatic heterocycles. The lowest BCUT2D eigenvalue weighted by Crippen LogP contribution is -2.22. The average Bonchev–Trinajstić information content (AvgIpc) is 2.03. The van der Waals surface area contributed by atoms with E-state index in [1.807, 2.05) is 0 Å². The van der Waals surface area contributed by atoms with Crippen LogP contribution < -0.4 is 0 Å². The molecule has 0 aliphatic carbocycles. The zero-order valence-electron chi connectivity index (χ0n) is 6.40. The SMILES string of the molecule is CCOC(SC=S)C(=O)OC. The third-order valence-corrected chi connectivity index (χ3v) is 1.91. The average molecular weight is 194 g/mol. The molecule has 0 aromatic rings. The number of hydrogen-bond donors (Lipinski definition) is 0. The van der Waals surface area contributed by atoms with Crippen molar-refractivity contribution in [3.05, 3.63) is 0 Å². The highest BCUT2D eigenvalue weighted by Gasteiger charge is 2.17. The van der Waals surface area contributed by atoms with Crippen molar-refractivity contribution in [2.45, 2.75) is 12.4 Å². The van der Waals surface area contributed by atoms with Gasteiger partial charge in [-0.3, -0.25) is 0 Å². The standard InChI is InChI=1S/C6H10O3S2/c1-3-9-6(11-4-10)5(7)8-2/h4,6H,3H2,1-2H3. The van der Waals surface area contributed by atoms with Crippen molar-refractivity contribution in [2.24, 2.45) is 0 Å². The van der Waals surface area contributed by atoms with Gasteiger partial charge in [-0.15, -0.1) is 0 Å². The first-order valence-corrected chi connectivity index (χ1v) is 4.46. The summed E-state index contributed by atoms with van der Waals surface area (Å²) < 4.78 is 10.9. The molecule has 0 bridgehead atoms. The minimum absolute atomic E-state index is 0.405. The van der Waals surface area contributed by atoms with Gasteiger partial charge in [-0.05, 0) is 6.92 Å². The second-order valence-electron chi connectivity index (χ2n) is 1.54. The first kappa shape index (κ1) is 10.9. The molecule has 64 valence electrons. The molecular formula is C6H10O3S2. The van der Waals surface area contributed by atoms with Gasteiger partial charge in [0.2, 0.25) is 5.44 Å². The van der Waals surface area contributed by atoms with Gasteiger partial charge in [0.05, 0.1) is 7.11 Å². The van der Waals surface area contributed by atoms with Crippen molar-refractivity contribution in [1.29, 1.82) is 0 Å². The van der Waals surface area contributed by atoms with Crippen molar-refractivity contribution < 1.29 is 14.3 Å². The van der Waals surface area contributed by atoms with Crippen LogP contribution in [0.4, 0.5) is 0 Å². The molecule has 0 heterocycles. The van der Waals surface area contributed by atoms with Crippen molar-refractivity contribution in [3.8, 4) is 0 Å². The fourth-order valence-electron chi connectivity index (χ4n) is 0.461. The molecule has 0 aromatic carbocycles. The van der Waals surface area contributed by atoms with E-state index in [9.17, 15) is 4.79 Å².